The van der Waals surface area contributed by atoms with E-state index in [9.17, 15) is 24.6 Å². The second kappa shape index (κ2) is 13.1. The van der Waals surface area contributed by atoms with Gasteiger partial charge in [-0.3, -0.25) is 4.79 Å². The molecule has 5 fully saturated rings. The summed E-state index contributed by atoms with van der Waals surface area (Å²) in [5.41, 5.74) is 5.12. The molecule has 1 aromatic rings. The van der Waals surface area contributed by atoms with Gasteiger partial charge in [-0.25, -0.2) is 9.59 Å². The van der Waals surface area contributed by atoms with Gasteiger partial charge < -0.3 is 20.4 Å². The normalized spacial score (nSPS) is 40.5. The largest absolute Gasteiger partial charge is 0.480 e. The van der Waals surface area contributed by atoms with E-state index in [1.54, 1.807) is 17.0 Å². The SMILES string of the molecule is C=C(C)[C@@H]1CC[C@]2(CNCCC(=O)N3CCC[C@@H]3C(=O)O)CC[C@]3(C)[C@H](CC[C@@H]4[C@@]5(C)CC=C(c6ccc(C(=O)O)cc6)C(C)(C)[C@@H]5CC[C@]43C)[C@@H]12. The average Bonchev–Trinajstić information content (AvgIpc) is 3.73. The molecule has 0 unspecified atom stereocenters. The number of aromatic carboxylic acids is 1. The zero-order chi connectivity index (χ0) is 37.4. The third-order valence-corrected chi connectivity index (χ3v) is 17.1. The van der Waals surface area contributed by atoms with Crippen LogP contribution in [0.5, 0.6) is 0 Å². The van der Waals surface area contributed by atoms with Crippen molar-refractivity contribution < 1.29 is 24.6 Å². The van der Waals surface area contributed by atoms with Gasteiger partial charge in [0.05, 0.1) is 5.56 Å². The number of carbonyl (C=O) groups excluding carboxylic acids is 1. The standard InChI is InChI=1S/C45H64N2O5/c1-28(2)31-16-22-45(27-46-25-19-37(48)47-26-8-9-34(47)40(51)52)24-23-43(6)33(38(31)45)14-15-36-42(5)20-17-32(29-10-12-30(13-11-29)39(49)50)41(3,4)35(42)18-21-44(36,43)7/h10-13,17,31,33-36,38,46H,1,8-9,14-16,18-27H2,2-7H3,(H,49,50)(H,51,52)/t31-,33+,34+,35-,36+,38+,42-,43+,44+,45+/m0/s1. The number of benzene rings is 1. The van der Waals surface area contributed by atoms with Crippen molar-refractivity contribution in [2.75, 3.05) is 19.6 Å². The molecule has 0 radical (unpaired) electrons. The molecule has 7 nitrogen and oxygen atoms in total. The highest BCUT2D eigenvalue weighted by molar-refractivity contribution is 5.88. The van der Waals surface area contributed by atoms with Crippen molar-refractivity contribution in [3.63, 3.8) is 0 Å². The summed E-state index contributed by atoms with van der Waals surface area (Å²) in [5, 5.41) is 22.8. The van der Waals surface area contributed by atoms with Crippen LogP contribution < -0.4 is 5.32 Å². The number of likely N-dealkylation sites (tertiary alicyclic amines) is 1. The van der Waals surface area contributed by atoms with E-state index in [4.69, 9.17) is 0 Å². The first kappa shape index (κ1) is 37.4. The van der Waals surface area contributed by atoms with E-state index < -0.39 is 18.0 Å². The number of carboxylic acid groups (broad SMARTS) is 2. The van der Waals surface area contributed by atoms with Crippen LogP contribution in [-0.4, -0.2) is 58.6 Å². The van der Waals surface area contributed by atoms with Crippen LogP contribution in [0.4, 0.5) is 0 Å². The Morgan fingerprint density at radius 2 is 1.62 bits per heavy atom. The van der Waals surface area contributed by atoms with Crippen LogP contribution in [0.15, 0.2) is 42.5 Å². The number of amides is 1. The van der Waals surface area contributed by atoms with Crippen LogP contribution >= 0.6 is 0 Å². The van der Waals surface area contributed by atoms with Gasteiger partial charge in [0.1, 0.15) is 6.04 Å². The third kappa shape index (κ3) is 5.56. The van der Waals surface area contributed by atoms with Crippen molar-refractivity contribution >= 4 is 23.4 Å². The molecule has 0 bridgehead atoms. The summed E-state index contributed by atoms with van der Waals surface area (Å²) < 4.78 is 0. The van der Waals surface area contributed by atoms with Gasteiger partial charge in [0.25, 0.3) is 0 Å². The van der Waals surface area contributed by atoms with Crippen molar-refractivity contribution in [1.29, 1.82) is 0 Å². The lowest BCUT2D eigenvalue weighted by atomic mass is 9.32. The number of nitrogens with one attached hydrogen (secondary N) is 1. The molecule has 0 spiro atoms. The van der Waals surface area contributed by atoms with Crippen molar-refractivity contribution in [1.82, 2.24) is 10.2 Å². The summed E-state index contributed by atoms with van der Waals surface area (Å²) in [4.78, 5) is 37.9. The summed E-state index contributed by atoms with van der Waals surface area (Å²) in [6.45, 7) is 21.8. The molecule has 3 N–H and O–H groups in total. The molecule has 1 saturated heterocycles. The van der Waals surface area contributed by atoms with Gasteiger partial charge in [-0.05, 0) is 157 Å². The van der Waals surface area contributed by atoms with Crippen LogP contribution in [-0.2, 0) is 9.59 Å². The fraction of sp³-hybridized carbons (Fsp3) is 0.711. The predicted octanol–water partition coefficient (Wildman–Crippen LogP) is 9.09. The van der Waals surface area contributed by atoms with E-state index in [2.05, 4.69) is 59.5 Å². The van der Waals surface area contributed by atoms with Gasteiger partial charge in [-0.15, -0.1) is 0 Å². The summed E-state index contributed by atoms with van der Waals surface area (Å²) in [6, 6.07) is 6.88. The van der Waals surface area contributed by atoms with E-state index >= 15 is 0 Å². The van der Waals surface area contributed by atoms with E-state index in [1.165, 1.54) is 62.5 Å². The quantitative estimate of drug-likeness (QED) is 0.174. The number of allylic oxidation sites excluding steroid dienone is 3. The van der Waals surface area contributed by atoms with Gasteiger partial charge in [0.15, 0.2) is 0 Å². The smallest absolute Gasteiger partial charge is 0.335 e. The summed E-state index contributed by atoms with van der Waals surface area (Å²) in [5.74, 6) is 1.19. The summed E-state index contributed by atoms with van der Waals surface area (Å²) in [6.07, 6.45) is 15.2. The molecule has 4 saturated carbocycles. The highest BCUT2D eigenvalue weighted by atomic mass is 16.4. The Labute approximate surface area is 312 Å². The number of nitrogens with zero attached hydrogens (tertiary/aromatic N) is 1. The van der Waals surface area contributed by atoms with Crippen LogP contribution in [0.1, 0.15) is 135 Å². The molecule has 0 aromatic heterocycles. The third-order valence-electron chi connectivity index (χ3n) is 17.1. The van der Waals surface area contributed by atoms with Crippen LogP contribution in [0, 0.1) is 56.7 Å². The number of hydrogen-bond acceptors (Lipinski definition) is 4. The molecule has 284 valence electrons. The number of carboxylic acids is 2. The Morgan fingerprint density at radius 1 is 0.885 bits per heavy atom. The van der Waals surface area contributed by atoms with E-state index in [1.807, 2.05) is 12.1 Å². The van der Waals surface area contributed by atoms with Gasteiger partial charge >= 0.3 is 11.9 Å². The van der Waals surface area contributed by atoms with Crippen molar-refractivity contribution in [3.05, 3.63) is 53.6 Å². The van der Waals surface area contributed by atoms with E-state index in [-0.39, 0.29) is 33.0 Å². The first-order valence-electron chi connectivity index (χ1n) is 20.4. The van der Waals surface area contributed by atoms with Crippen LogP contribution in [0.25, 0.3) is 5.57 Å². The lowest BCUT2D eigenvalue weighted by Gasteiger charge is -2.72. The van der Waals surface area contributed by atoms with Crippen molar-refractivity contribution in [2.45, 2.75) is 125 Å². The average molecular weight is 713 g/mol. The number of carbonyl (C=O) groups is 3. The topological polar surface area (TPSA) is 107 Å². The molecule has 1 aliphatic heterocycles. The number of aliphatic carboxylic acids is 1. The van der Waals surface area contributed by atoms with Gasteiger partial charge in [-0.1, -0.05) is 65.0 Å². The molecule has 7 rings (SSSR count). The summed E-state index contributed by atoms with van der Waals surface area (Å²) >= 11 is 0. The number of rotatable bonds is 9. The maximum Gasteiger partial charge on any atom is 0.335 e. The Bertz CT molecular complexity index is 1650. The predicted molar refractivity (Wildman–Crippen MR) is 206 cm³/mol. The van der Waals surface area contributed by atoms with Gasteiger partial charge in [0, 0.05) is 26.1 Å². The minimum Gasteiger partial charge on any atom is -0.480 e. The van der Waals surface area contributed by atoms with Crippen LogP contribution in [0.2, 0.25) is 0 Å². The Kier molecular flexibility index (Phi) is 9.44. The van der Waals surface area contributed by atoms with Crippen LogP contribution in [0.3, 0.4) is 0 Å². The molecule has 7 heteroatoms. The zero-order valence-corrected chi connectivity index (χ0v) is 32.7. The van der Waals surface area contributed by atoms with Crippen molar-refractivity contribution in [3.8, 4) is 0 Å². The lowest BCUT2D eigenvalue weighted by molar-refractivity contribution is -0.225. The fourth-order valence-corrected chi connectivity index (χ4v) is 14.5. The lowest BCUT2D eigenvalue weighted by Crippen LogP contribution is -2.65. The van der Waals surface area contributed by atoms with Gasteiger partial charge in [-0.2, -0.15) is 0 Å². The maximum atomic E-state index is 13.1. The van der Waals surface area contributed by atoms with E-state index in [0.29, 0.717) is 61.1 Å². The Hall–Kier alpha value is -2.93. The second-order valence-electron chi connectivity index (χ2n) is 19.5. The second-order valence-corrected chi connectivity index (χ2v) is 19.5. The molecule has 10 atom stereocenters. The molecule has 1 amide bonds. The minimum absolute atomic E-state index is 0.00852. The minimum atomic E-state index is -0.883. The highest BCUT2D eigenvalue weighted by Crippen LogP contribution is 2.77. The first-order valence-corrected chi connectivity index (χ1v) is 20.4. The molecular formula is C45H64N2O5. The van der Waals surface area contributed by atoms with Crippen molar-refractivity contribution in [2.24, 2.45) is 56.7 Å². The summed E-state index contributed by atoms with van der Waals surface area (Å²) in [7, 11) is 0. The monoisotopic (exact) mass is 712 g/mol. The molecule has 6 aliphatic rings. The zero-order valence-electron chi connectivity index (χ0n) is 32.7. The van der Waals surface area contributed by atoms with Gasteiger partial charge in [0.2, 0.25) is 5.91 Å². The Morgan fingerprint density at radius 3 is 2.29 bits per heavy atom. The molecule has 1 heterocycles. The molecular weight excluding hydrogens is 649 g/mol. The first-order chi connectivity index (χ1) is 24.5. The molecule has 52 heavy (non-hydrogen) atoms. The van der Waals surface area contributed by atoms with E-state index in [0.717, 1.165) is 24.9 Å². The molecule has 5 aliphatic carbocycles. The number of hydrogen-bond donors (Lipinski definition) is 3. The maximum absolute atomic E-state index is 13.1. The fourth-order valence-electron chi connectivity index (χ4n) is 14.5. The highest BCUT2D eigenvalue weighted by Gasteiger charge is 2.70. The Balaban J connectivity index is 1.11. The molecule has 1 aromatic carbocycles. The number of fused-ring (bicyclic) bond motifs is 7.